The van der Waals surface area contributed by atoms with Crippen LogP contribution in [0.5, 0.6) is 0 Å². The molecule has 0 spiro atoms. The van der Waals surface area contributed by atoms with E-state index in [4.69, 9.17) is 0 Å². The summed E-state index contributed by atoms with van der Waals surface area (Å²) in [4.78, 5) is 0.318. The molecule has 0 amide bonds. The molecule has 6 rings (SSSR count). The SMILES string of the molecule is Cc1ccc(S(=O)(=O)n2c3c(c4ccccc42)-c2ccccc2C(c2ccccc2)CC3)cc1. The van der Waals surface area contributed by atoms with Gasteiger partial charge in [0.15, 0.2) is 0 Å². The number of hydrogen-bond acceptors (Lipinski definition) is 2. The van der Waals surface area contributed by atoms with Gasteiger partial charge in [-0.2, -0.15) is 0 Å². The van der Waals surface area contributed by atoms with Crippen molar-refractivity contribution in [3.05, 3.63) is 126 Å². The van der Waals surface area contributed by atoms with Crippen LogP contribution in [-0.4, -0.2) is 12.4 Å². The number of nitrogens with zero attached hydrogens (tertiary/aromatic N) is 1. The first-order chi connectivity index (χ1) is 16.6. The molecular formula is C30H25NO2S. The summed E-state index contributed by atoms with van der Waals surface area (Å²) in [7, 11) is -3.76. The number of aryl methyl sites for hydroxylation is 1. The van der Waals surface area contributed by atoms with Crippen molar-refractivity contribution in [3.8, 4) is 11.1 Å². The monoisotopic (exact) mass is 463 g/mol. The van der Waals surface area contributed by atoms with Crippen molar-refractivity contribution in [2.45, 2.75) is 30.6 Å². The summed E-state index contributed by atoms with van der Waals surface area (Å²) >= 11 is 0. The van der Waals surface area contributed by atoms with Gasteiger partial charge in [0.1, 0.15) is 0 Å². The topological polar surface area (TPSA) is 39.1 Å². The zero-order valence-corrected chi connectivity index (χ0v) is 19.8. The molecule has 5 aromatic rings. The second kappa shape index (κ2) is 8.00. The minimum Gasteiger partial charge on any atom is -0.237 e. The van der Waals surface area contributed by atoms with Crippen LogP contribution in [0.15, 0.2) is 108 Å². The summed E-state index contributed by atoms with van der Waals surface area (Å²) in [5.41, 5.74) is 7.32. The number of aromatic nitrogens is 1. The van der Waals surface area contributed by atoms with Gasteiger partial charge in [-0.1, -0.05) is 90.5 Å². The molecule has 0 saturated heterocycles. The highest BCUT2D eigenvalue weighted by atomic mass is 32.2. The van der Waals surface area contributed by atoms with Crippen molar-refractivity contribution < 1.29 is 8.42 Å². The molecule has 3 nitrogen and oxygen atoms in total. The van der Waals surface area contributed by atoms with E-state index in [0.29, 0.717) is 11.3 Å². The first kappa shape index (κ1) is 20.9. The number of para-hydroxylation sites is 1. The lowest BCUT2D eigenvalue weighted by molar-refractivity contribution is 0.585. The van der Waals surface area contributed by atoms with E-state index in [0.717, 1.165) is 39.7 Å². The van der Waals surface area contributed by atoms with Crippen molar-refractivity contribution >= 4 is 20.9 Å². The first-order valence-electron chi connectivity index (χ1n) is 11.6. The van der Waals surface area contributed by atoms with E-state index in [2.05, 4.69) is 54.6 Å². The van der Waals surface area contributed by atoms with Crippen molar-refractivity contribution in [3.63, 3.8) is 0 Å². The van der Waals surface area contributed by atoms with Crippen LogP contribution in [0.4, 0.5) is 0 Å². The van der Waals surface area contributed by atoms with Crippen LogP contribution in [0.3, 0.4) is 0 Å². The predicted octanol–water partition coefficient (Wildman–Crippen LogP) is 6.93. The quantitative estimate of drug-likeness (QED) is 0.291. The Morgan fingerprint density at radius 1 is 0.765 bits per heavy atom. The van der Waals surface area contributed by atoms with Crippen LogP contribution in [0, 0.1) is 6.92 Å². The van der Waals surface area contributed by atoms with E-state index in [1.807, 2.05) is 43.3 Å². The van der Waals surface area contributed by atoms with Crippen LogP contribution in [0.25, 0.3) is 22.0 Å². The maximum Gasteiger partial charge on any atom is 0.268 e. The Hall–Kier alpha value is -3.63. The van der Waals surface area contributed by atoms with Gasteiger partial charge >= 0.3 is 0 Å². The minimum absolute atomic E-state index is 0.207. The average Bonchev–Trinajstić information content (AvgIpc) is 3.10. The molecule has 0 radical (unpaired) electrons. The molecular weight excluding hydrogens is 438 g/mol. The molecule has 1 atom stereocenters. The number of benzene rings is 4. The van der Waals surface area contributed by atoms with Gasteiger partial charge in [0, 0.05) is 22.6 Å². The lowest BCUT2D eigenvalue weighted by Gasteiger charge is -2.18. The van der Waals surface area contributed by atoms with Crippen LogP contribution < -0.4 is 0 Å². The van der Waals surface area contributed by atoms with Gasteiger partial charge in [0.05, 0.1) is 10.4 Å². The Morgan fingerprint density at radius 3 is 2.24 bits per heavy atom. The van der Waals surface area contributed by atoms with E-state index < -0.39 is 10.0 Å². The average molecular weight is 464 g/mol. The zero-order valence-electron chi connectivity index (χ0n) is 19.0. The molecule has 0 N–H and O–H groups in total. The molecule has 1 heterocycles. The van der Waals surface area contributed by atoms with Gasteiger partial charge in [-0.25, -0.2) is 12.4 Å². The van der Waals surface area contributed by atoms with E-state index in [1.165, 1.54) is 11.1 Å². The second-order valence-corrected chi connectivity index (χ2v) is 10.8. The van der Waals surface area contributed by atoms with Gasteiger partial charge in [0.2, 0.25) is 0 Å². The summed E-state index contributed by atoms with van der Waals surface area (Å²) < 4.78 is 29.7. The van der Waals surface area contributed by atoms with E-state index in [9.17, 15) is 8.42 Å². The molecule has 0 bridgehead atoms. The molecule has 1 aromatic heterocycles. The molecule has 1 aliphatic carbocycles. The Labute approximate surface area is 200 Å². The van der Waals surface area contributed by atoms with Gasteiger partial charge < -0.3 is 0 Å². The van der Waals surface area contributed by atoms with Gasteiger partial charge in [0.25, 0.3) is 10.0 Å². The largest absolute Gasteiger partial charge is 0.268 e. The molecule has 0 aliphatic heterocycles. The highest BCUT2D eigenvalue weighted by molar-refractivity contribution is 7.90. The fraction of sp³-hybridized carbons (Fsp3) is 0.133. The summed E-state index contributed by atoms with van der Waals surface area (Å²) in [6.07, 6.45) is 1.51. The summed E-state index contributed by atoms with van der Waals surface area (Å²) in [6, 6.07) is 34.0. The molecule has 0 saturated carbocycles. The highest BCUT2D eigenvalue weighted by Gasteiger charge is 2.32. The maximum atomic E-state index is 14.0. The first-order valence-corrected chi connectivity index (χ1v) is 13.1. The summed E-state index contributed by atoms with van der Waals surface area (Å²) in [6.45, 7) is 1.97. The standard InChI is InChI=1S/C30H25NO2S/c1-21-15-17-23(18-16-21)34(32,33)31-28-14-8-7-13-27(28)30-26-12-6-5-11-25(26)24(19-20-29(30)31)22-9-3-2-4-10-22/h2-18,24H,19-20H2,1H3. The third-order valence-corrected chi connectivity index (χ3v) is 8.73. The molecule has 34 heavy (non-hydrogen) atoms. The van der Waals surface area contributed by atoms with Crippen LogP contribution >= 0.6 is 0 Å². The smallest absolute Gasteiger partial charge is 0.237 e. The van der Waals surface area contributed by atoms with Gasteiger partial charge in [-0.05, 0) is 54.7 Å². The molecule has 1 aliphatic rings. The Morgan fingerprint density at radius 2 is 1.44 bits per heavy atom. The van der Waals surface area contributed by atoms with Crippen LogP contribution in [0.2, 0.25) is 0 Å². The van der Waals surface area contributed by atoms with E-state index in [-0.39, 0.29) is 5.92 Å². The zero-order chi connectivity index (χ0) is 23.3. The lowest BCUT2D eigenvalue weighted by atomic mass is 9.85. The van der Waals surface area contributed by atoms with Crippen LogP contribution in [-0.2, 0) is 16.4 Å². The molecule has 4 heteroatoms. The lowest BCUT2D eigenvalue weighted by Crippen LogP contribution is -2.16. The normalized spacial score (nSPS) is 15.5. The molecule has 0 fully saturated rings. The number of hydrogen-bond donors (Lipinski definition) is 0. The minimum atomic E-state index is -3.76. The van der Waals surface area contributed by atoms with Crippen molar-refractivity contribution in [2.24, 2.45) is 0 Å². The number of fused-ring (bicyclic) bond motifs is 5. The summed E-state index contributed by atoms with van der Waals surface area (Å²) in [5, 5.41) is 0.981. The Kier molecular flexibility index (Phi) is 4.93. The van der Waals surface area contributed by atoms with Gasteiger partial charge in [-0.3, -0.25) is 0 Å². The molecule has 168 valence electrons. The van der Waals surface area contributed by atoms with Crippen molar-refractivity contribution in [1.29, 1.82) is 0 Å². The maximum absolute atomic E-state index is 14.0. The van der Waals surface area contributed by atoms with Crippen molar-refractivity contribution in [1.82, 2.24) is 3.97 Å². The van der Waals surface area contributed by atoms with E-state index >= 15 is 0 Å². The fourth-order valence-corrected chi connectivity index (χ4v) is 6.96. The fourth-order valence-electron chi connectivity index (χ4n) is 5.38. The highest BCUT2D eigenvalue weighted by Crippen LogP contribution is 2.46. The van der Waals surface area contributed by atoms with E-state index in [1.54, 1.807) is 16.1 Å². The van der Waals surface area contributed by atoms with Crippen molar-refractivity contribution in [2.75, 3.05) is 0 Å². The number of rotatable bonds is 3. The molecule has 1 unspecified atom stereocenters. The Bertz CT molecular complexity index is 1610. The third-order valence-electron chi connectivity index (χ3n) is 6.96. The van der Waals surface area contributed by atoms with Gasteiger partial charge in [-0.15, -0.1) is 0 Å². The summed E-state index contributed by atoms with van der Waals surface area (Å²) in [5.74, 6) is 0.207. The third kappa shape index (κ3) is 3.21. The predicted molar refractivity (Wildman–Crippen MR) is 138 cm³/mol. The second-order valence-electron chi connectivity index (χ2n) is 9.01. The Balaban J connectivity index is 1.65. The molecule has 4 aromatic carbocycles. The van der Waals surface area contributed by atoms with Crippen LogP contribution in [0.1, 0.15) is 34.7 Å².